The fraction of sp³-hybridized carbons (Fsp3) is 0.357. The Balaban J connectivity index is 1.73. The molecule has 3 aromatic rings. The monoisotopic (exact) mass is 610 g/mol. The van der Waals surface area contributed by atoms with Crippen LogP contribution >= 0.6 is 11.3 Å². The van der Waals surface area contributed by atoms with Gasteiger partial charge in [-0.15, -0.1) is 11.3 Å². The van der Waals surface area contributed by atoms with Crippen molar-refractivity contribution in [3.63, 3.8) is 0 Å². The summed E-state index contributed by atoms with van der Waals surface area (Å²) in [4.78, 5) is 28.9. The second-order valence-electron chi connectivity index (χ2n) is 9.91. The van der Waals surface area contributed by atoms with Crippen molar-refractivity contribution in [2.45, 2.75) is 45.5 Å². The van der Waals surface area contributed by atoms with Gasteiger partial charge >= 0.3 is 12.1 Å². The van der Waals surface area contributed by atoms with E-state index in [2.05, 4.69) is 5.32 Å². The summed E-state index contributed by atoms with van der Waals surface area (Å²) in [7, 11) is 3.05. The van der Waals surface area contributed by atoms with Gasteiger partial charge in [0, 0.05) is 29.1 Å². The lowest BCUT2D eigenvalue weighted by Crippen LogP contribution is -2.52. The summed E-state index contributed by atoms with van der Waals surface area (Å²) < 4.78 is 66.1. The van der Waals surface area contributed by atoms with Gasteiger partial charge in [-0.05, 0) is 56.7 Å². The first-order valence-electron chi connectivity index (χ1n) is 12.5. The molecular formula is C28H29F3N2O6S2. The molecule has 1 amide bonds. The predicted molar refractivity (Wildman–Crippen MR) is 152 cm³/mol. The summed E-state index contributed by atoms with van der Waals surface area (Å²) in [5.41, 5.74) is 1.97. The smallest absolute Gasteiger partial charge is 0.390 e. The van der Waals surface area contributed by atoms with Crippen LogP contribution in [0.4, 0.5) is 24.5 Å². The van der Waals surface area contributed by atoms with E-state index in [0.717, 1.165) is 4.88 Å². The number of carbonyl (C=O) groups is 2. The summed E-state index contributed by atoms with van der Waals surface area (Å²) in [6.07, 6.45) is -5.69. The number of amides is 1. The van der Waals surface area contributed by atoms with Crippen LogP contribution in [0.1, 0.15) is 40.4 Å². The third-order valence-electron chi connectivity index (χ3n) is 6.40. The minimum Gasteiger partial charge on any atom is -0.496 e. The molecule has 0 bridgehead atoms. The number of alkyl halides is 3. The van der Waals surface area contributed by atoms with Gasteiger partial charge in [-0.3, -0.25) is 4.79 Å². The third kappa shape index (κ3) is 6.84. The molecule has 1 unspecified atom stereocenters. The Labute approximate surface area is 242 Å². The van der Waals surface area contributed by atoms with Crippen molar-refractivity contribution < 1.29 is 40.6 Å². The van der Waals surface area contributed by atoms with Gasteiger partial charge in [-0.1, -0.05) is 6.07 Å². The van der Waals surface area contributed by atoms with Gasteiger partial charge in [0.2, 0.25) is 11.1 Å². The molecule has 1 N–H and O–H groups in total. The third-order valence-corrected chi connectivity index (χ3v) is 8.29. The highest BCUT2D eigenvalue weighted by atomic mass is 32.2. The maximum absolute atomic E-state index is 13.2. The number of methoxy groups -OCH3 is 1. The molecule has 2 aromatic carbocycles. The molecule has 0 saturated heterocycles. The lowest BCUT2D eigenvalue weighted by atomic mass is 9.92. The van der Waals surface area contributed by atoms with Crippen molar-refractivity contribution in [1.29, 1.82) is 0 Å². The first-order valence-corrected chi connectivity index (χ1v) is 14.5. The van der Waals surface area contributed by atoms with E-state index >= 15 is 0 Å². The van der Waals surface area contributed by atoms with Gasteiger partial charge in [-0.25, -0.2) is 9.00 Å². The standard InChI is InChI=1S/C28H29F3N2O6S2/c1-16-6-11-23(40-16)25(34)38-15-20-18(9-10-21-24(20)33(4)26(35)27(2,3)32-21)19-8-7-17(14-22(19)37-5)39-41(36)13-12-28(29,30)31/h6-11,14,32H,12-13,15H2,1-5H3. The number of ether oxygens (including phenoxy) is 2. The number of hydrogen-bond donors (Lipinski definition) is 1. The molecule has 1 aliphatic rings. The number of esters is 1. The summed E-state index contributed by atoms with van der Waals surface area (Å²) in [5, 5.41) is 3.25. The summed E-state index contributed by atoms with van der Waals surface area (Å²) in [6, 6.07) is 11.6. The highest BCUT2D eigenvalue weighted by Gasteiger charge is 2.39. The maximum atomic E-state index is 13.2. The number of benzene rings is 2. The maximum Gasteiger partial charge on any atom is 0.390 e. The molecule has 0 fully saturated rings. The number of likely N-dealkylation sites (N-methyl/N-ethyl adjacent to an activating group) is 1. The summed E-state index contributed by atoms with van der Waals surface area (Å²) >= 11 is -0.905. The molecule has 4 rings (SSSR count). The Morgan fingerprint density at radius 1 is 1.12 bits per heavy atom. The van der Waals surface area contributed by atoms with Gasteiger partial charge < -0.3 is 23.9 Å². The van der Waals surface area contributed by atoms with E-state index in [-0.39, 0.29) is 24.0 Å². The first kappa shape index (κ1) is 30.4. The lowest BCUT2D eigenvalue weighted by Gasteiger charge is -2.39. The van der Waals surface area contributed by atoms with Gasteiger partial charge in [0.15, 0.2) is 0 Å². The molecule has 1 aromatic heterocycles. The number of nitrogens with one attached hydrogen (secondary N) is 1. The molecule has 0 spiro atoms. The molecule has 1 atom stereocenters. The molecule has 0 radical (unpaired) electrons. The van der Waals surface area contributed by atoms with E-state index in [9.17, 15) is 27.0 Å². The van der Waals surface area contributed by atoms with Crippen molar-refractivity contribution in [3.8, 4) is 22.6 Å². The van der Waals surface area contributed by atoms with Gasteiger partial charge in [0.25, 0.3) is 5.91 Å². The summed E-state index contributed by atoms with van der Waals surface area (Å²) in [5.74, 6) is -1.08. The Morgan fingerprint density at radius 2 is 1.83 bits per heavy atom. The molecule has 41 heavy (non-hydrogen) atoms. The zero-order chi connectivity index (χ0) is 30.1. The van der Waals surface area contributed by atoms with Crippen molar-refractivity contribution >= 4 is 45.7 Å². The number of carbonyl (C=O) groups excluding carboxylic acids is 2. The SMILES string of the molecule is COc1cc(OS(=O)CCC(F)(F)F)ccc1-c1ccc2c(c1COC(=O)c1ccc(C)s1)N(C)C(=O)C(C)(C)N2. The van der Waals surface area contributed by atoms with Crippen LogP contribution in [0, 0.1) is 6.92 Å². The Bertz CT molecular complexity index is 1500. The van der Waals surface area contributed by atoms with Crippen molar-refractivity contribution in [2.24, 2.45) is 0 Å². The molecule has 13 heteroatoms. The molecule has 2 heterocycles. The number of anilines is 2. The van der Waals surface area contributed by atoms with E-state index in [1.807, 2.05) is 13.0 Å². The van der Waals surface area contributed by atoms with E-state index in [1.54, 1.807) is 45.2 Å². The number of hydrogen-bond acceptors (Lipinski definition) is 8. The van der Waals surface area contributed by atoms with Crippen LogP contribution in [0.15, 0.2) is 42.5 Å². The number of aryl methyl sites for hydroxylation is 1. The predicted octanol–water partition coefficient (Wildman–Crippen LogP) is 6.25. The van der Waals surface area contributed by atoms with Crippen LogP contribution in [-0.2, 0) is 27.2 Å². The molecular weight excluding hydrogens is 581 g/mol. The summed E-state index contributed by atoms with van der Waals surface area (Å²) in [6.45, 7) is 5.24. The first-order chi connectivity index (χ1) is 19.2. The quantitative estimate of drug-likeness (QED) is 0.286. The van der Waals surface area contributed by atoms with Crippen molar-refractivity contribution in [2.75, 3.05) is 30.1 Å². The fourth-order valence-electron chi connectivity index (χ4n) is 4.48. The van der Waals surface area contributed by atoms with Crippen molar-refractivity contribution in [3.05, 3.63) is 57.8 Å². The zero-order valence-electron chi connectivity index (χ0n) is 23.0. The van der Waals surface area contributed by atoms with Gasteiger partial charge in [0.05, 0.1) is 30.7 Å². The van der Waals surface area contributed by atoms with E-state index < -0.39 is 40.9 Å². The molecule has 8 nitrogen and oxygen atoms in total. The Hall–Kier alpha value is -3.58. The van der Waals surface area contributed by atoms with Crippen LogP contribution in [0.3, 0.4) is 0 Å². The fourth-order valence-corrected chi connectivity index (χ4v) is 6.04. The molecule has 0 saturated carbocycles. The number of nitrogens with zero attached hydrogens (tertiary/aromatic N) is 1. The van der Waals surface area contributed by atoms with E-state index in [0.29, 0.717) is 32.9 Å². The van der Waals surface area contributed by atoms with E-state index in [1.165, 1.54) is 35.5 Å². The minimum atomic E-state index is -4.45. The van der Waals surface area contributed by atoms with Crippen LogP contribution in [0.5, 0.6) is 11.5 Å². The number of fused-ring (bicyclic) bond motifs is 1. The topological polar surface area (TPSA) is 94.2 Å². The van der Waals surface area contributed by atoms with Crippen LogP contribution in [-0.4, -0.2) is 47.7 Å². The normalized spacial score (nSPS) is 15.1. The van der Waals surface area contributed by atoms with Crippen LogP contribution in [0.25, 0.3) is 11.1 Å². The van der Waals surface area contributed by atoms with Gasteiger partial charge in [-0.2, -0.15) is 13.2 Å². The van der Waals surface area contributed by atoms with Crippen LogP contribution in [0.2, 0.25) is 0 Å². The number of thiophene rings is 1. The molecule has 1 aliphatic heterocycles. The zero-order valence-corrected chi connectivity index (χ0v) is 24.6. The van der Waals surface area contributed by atoms with Gasteiger partial charge in [0.1, 0.15) is 28.5 Å². The Kier molecular flexibility index (Phi) is 8.69. The highest BCUT2D eigenvalue weighted by molar-refractivity contribution is 7.80. The largest absolute Gasteiger partial charge is 0.496 e. The Morgan fingerprint density at radius 3 is 2.46 bits per heavy atom. The molecule has 0 aliphatic carbocycles. The van der Waals surface area contributed by atoms with E-state index in [4.69, 9.17) is 13.7 Å². The second-order valence-corrected chi connectivity index (χ2v) is 12.4. The lowest BCUT2D eigenvalue weighted by molar-refractivity contribution is -0.130. The molecule has 220 valence electrons. The van der Waals surface area contributed by atoms with Crippen LogP contribution < -0.4 is 19.1 Å². The average molecular weight is 611 g/mol. The number of rotatable bonds is 9. The number of halogens is 3. The average Bonchev–Trinajstić information content (AvgIpc) is 3.35. The minimum absolute atomic E-state index is 0.0563. The highest BCUT2D eigenvalue weighted by Crippen LogP contribution is 2.45. The second kappa shape index (κ2) is 11.7. The van der Waals surface area contributed by atoms with Crippen molar-refractivity contribution in [1.82, 2.24) is 0 Å².